The van der Waals surface area contributed by atoms with Gasteiger partial charge in [0.05, 0.1) is 17.2 Å². The molecule has 32 heavy (non-hydrogen) atoms. The number of carbonyl (C=O) groups excluding carboxylic acids is 1. The number of nitrogens with two attached hydrogens (primary N) is 1. The fourth-order valence-electron chi connectivity index (χ4n) is 4.33. The summed E-state index contributed by atoms with van der Waals surface area (Å²) >= 11 is 0. The summed E-state index contributed by atoms with van der Waals surface area (Å²) in [7, 11) is 1.63. The Kier molecular flexibility index (Phi) is 7.02. The van der Waals surface area contributed by atoms with Gasteiger partial charge in [0.15, 0.2) is 0 Å². The van der Waals surface area contributed by atoms with Crippen LogP contribution < -0.4 is 21.3 Å². The number of hydrogen-bond donors (Lipinski definition) is 3. The maximum absolute atomic E-state index is 13.2. The minimum atomic E-state index is -4.50. The fourth-order valence-corrected chi connectivity index (χ4v) is 4.33. The molecule has 174 valence electrons. The van der Waals surface area contributed by atoms with Crippen LogP contribution in [-0.2, 0) is 23.8 Å². The van der Waals surface area contributed by atoms with Crippen LogP contribution in [0.2, 0.25) is 0 Å². The van der Waals surface area contributed by atoms with Gasteiger partial charge in [0.1, 0.15) is 5.82 Å². The summed E-state index contributed by atoms with van der Waals surface area (Å²) in [6.07, 6.45) is -0.233. The summed E-state index contributed by atoms with van der Waals surface area (Å²) in [6.45, 7) is 1.33. The highest BCUT2D eigenvalue weighted by atomic mass is 35.5. The maximum atomic E-state index is 13.2. The van der Waals surface area contributed by atoms with Crippen LogP contribution in [0.3, 0.4) is 0 Å². The number of amides is 1. The smallest absolute Gasteiger partial charge is 0.399 e. The molecule has 1 aliphatic carbocycles. The lowest BCUT2D eigenvalue weighted by molar-refractivity contribution is -0.137. The van der Waals surface area contributed by atoms with Gasteiger partial charge in [-0.05, 0) is 50.3 Å². The summed E-state index contributed by atoms with van der Waals surface area (Å²) in [5.74, 6) is 0.883. The van der Waals surface area contributed by atoms with Gasteiger partial charge in [-0.15, -0.1) is 12.4 Å². The number of benzene rings is 1. The molecule has 4 rings (SSSR count). The van der Waals surface area contributed by atoms with E-state index in [1.807, 2.05) is 0 Å². The lowest BCUT2D eigenvalue weighted by atomic mass is 9.97. The number of fused-ring (bicyclic) bond motifs is 1. The van der Waals surface area contributed by atoms with Crippen molar-refractivity contribution in [3.63, 3.8) is 0 Å². The second-order valence-corrected chi connectivity index (χ2v) is 8.02. The zero-order valence-corrected chi connectivity index (χ0v) is 18.4. The van der Waals surface area contributed by atoms with Gasteiger partial charge in [0.2, 0.25) is 11.9 Å². The zero-order valence-electron chi connectivity index (χ0n) is 17.6. The maximum Gasteiger partial charge on any atom is 0.416 e. The van der Waals surface area contributed by atoms with Crippen molar-refractivity contribution in [3.05, 3.63) is 35.0 Å². The van der Waals surface area contributed by atoms with E-state index in [1.54, 1.807) is 7.05 Å². The molecule has 4 N–H and O–H groups in total. The molecule has 1 saturated heterocycles. The number of aromatic nitrogens is 2. The molecule has 2 heterocycles. The lowest BCUT2D eigenvalue weighted by Crippen LogP contribution is -2.43. The first-order chi connectivity index (χ1) is 14.7. The first-order valence-electron chi connectivity index (χ1n) is 10.4. The molecule has 0 spiro atoms. The van der Waals surface area contributed by atoms with Crippen LogP contribution >= 0.6 is 12.4 Å². The van der Waals surface area contributed by atoms with Crippen LogP contribution in [-0.4, -0.2) is 36.0 Å². The van der Waals surface area contributed by atoms with Crippen molar-refractivity contribution in [1.82, 2.24) is 15.3 Å². The average molecular weight is 471 g/mol. The van der Waals surface area contributed by atoms with Gasteiger partial charge in [-0.1, -0.05) is 0 Å². The number of nitrogen functional groups attached to an aromatic ring is 1. The Labute approximate surface area is 190 Å². The number of halogens is 4. The number of nitrogens with one attached hydrogen (secondary N) is 2. The number of hydrogen-bond acceptors (Lipinski definition) is 6. The van der Waals surface area contributed by atoms with E-state index < -0.39 is 11.7 Å². The monoisotopic (exact) mass is 470 g/mol. The van der Waals surface area contributed by atoms with Crippen LogP contribution in [0, 0.1) is 5.92 Å². The van der Waals surface area contributed by atoms with Crippen molar-refractivity contribution in [2.24, 2.45) is 5.92 Å². The number of aryl methyl sites for hydroxylation is 1. The summed E-state index contributed by atoms with van der Waals surface area (Å²) in [5, 5.41) is 5.61. The molecule has 2 aromatic rings. The Morgan fingerprint density at radius 2 is 1.97 bits per heavy atom. The molecule has 1 aliphatic heterocycles. The van der Waals surface area contributed by atoms with Crippen molar-refractivity contribution < 1.29 is 18.0 Å². The molecule has 2 aliphatic rings. The summed E-state index contributed by atoms with van der Waals surface area (Å²) in [5.41, 5.74) is 6.99. The molecular formula is C21H26ClF3N6O. The average Bonchev–Trinajstić information content (AvgIpc) is 3.20. The molecule has 7 nitrogen and oxygen atoms in total. The van der Waals surface area contributed by atoms with E-state index in [0.717, 1.165) is 67.9 Å². The standard InChI is InChI=1S/C21H25F3N6O.ClH/c1-26-19(31)12-4-3-7-30(11-12)18-16-5-2-6-17(16)28-20(29-18)27-15-9-13(21(22,23)24)8-14(25)10-15;/h8-10,12H,2-7,11,25H2,1H3,(H,26,31)(H,27,28,29);1H/t12-;/m1./s1. The number of rotatable bonds is 4. The normalized spacial score (nSPS) is 18.0. The van der Waals surface area contributed by atoms with Gasteiger partial charge >= 0.3 is 6.18 Å². The first kappa shape index (κ1) is 23.9. The molecule has 1 fully saturated rings. The Balaban J connectivity index is 0.00000289. The van der Waals surface area contributed by atoms with E-state index in [4.69, 9.17) is 5.73 Å². The first-order valence-corrected chi connectivity index (χ1v) is 10.4. The highest BCUT2D eigenvalue weighted by molar-refractivity contribution is 5.85. The molecule has 0 unspecified atom stereocenters. The molecule has 1 aromatic heterocycles. The lowest BCUT2D eigenvalue weighted by Gasteiger charge is -2.34. The van der Waals surface area contributed by atoms with Gasteiger partial charge in [-0.25, -0.2) is 4.98 Å². The van der Waals surface area contributed by atoms with Crippen molar-refractivity contribution in [2.45, 2.75) is 38.3 Å². The molecule has 0 saturated carbocycles. The van der Waals surface area contributed by atoms with E-state index in [2.05, 4.69) is 25.5 Å². The van der Waals surface area contributed by atoms with Crippen molar-refractivity contribution >= 4 is 41.5 Å². The largest absolute Gasteiger partial charge is 0.416 e. The second-order valence-electron chi connectivity index (χ2n) is 8.02. The zero-order chi connectivity index (χ0) is 22.2. The molecule has 0 radical (unpaired) electrons. The minimum absolute atomic E-state index is 0. The van der Waals surface area contributed by atoms with Gasteiger partial charge in [-0.3, -0.25) is 4.79 Å². The van der Waals surface area contributed by atoms with Crippen molar-refractivity contribution in [2.75, 3.05) is 36.1 Å². The Hall–Kier alpha value is -2.75. The van der Waals surface area contributed by atoms with Crippen molar-refractivity contribution in [3.8, 4) is 0 Å². The Morgan fingerprint density at radius 3 is 2.69 bits per heavy atom. The van der Waals surface area contributed by atoms with Crippen LogP contribution in [0.15, 0.2) is 18.2 Å². The molecule has 1 amide bonds. The molecule has 0 bridgehead atoms. The molecule has 1 atom stereocenters. The second kappa shape index (κ2) is 9.40. The Bertz CT molecular complexity index is 1000. The third-order valence-corrected chi connectivity index (χ3v) is 5.79. The summed E-state index contributed by atoms with van der Waals surface area (Å²) in [4.78, 5) is 23.4. The topological polar surface area (TPSA) is 96.2 Å². The third-order valence-electron chi connectivity index (χ3n) is 5.79. The van der Waals surface area contributed by atoms with Crippen LogP contribution in [0.1, 0.15) is 36.1 Å². The van der Waals surface area contributed by atoms with E-state index in [-0.39, 0.29) is 41.6 Å². The molecular weight excluding hydrogens is 445 g/mol. The summed E-state index contributed by atoms with van der Waals surface area (Å²) < 4.78 is 39.5. The summed E-state index contributed by atoms with van der Waals surface area (Å²) in [6, 6.07) is 3.32. The third kappa shape index (κ3) is 5.01. The predicted octanol–water partition coefficient (Wildman–Crippen LogP) is 3.69. The molecule has 11 heteroatoms. The quantitative estimate of drug-likeness (QED) is 0.590. The van der Waals surface area contributed by atoms with Crippen LogP contribution in [0.25, 0.3) is 0 Å². The van der Waals surface area contributed by atoms with E-state index in [1.165, 1.54) is 6.07 Å². The Morgan fingerprint density at radius 1 is 1.19 bits per heavy atom. The van der Waals surface area contributed by atoms with E-state index >= 15 is 0 Å². The van der Waals surface area contributed by atoms with Crippen LogP contribution in [0.4, 0.5) is 36.3 Å². The predicted molar refractivity (Wildman–Crippen MR) is 119 cm³/mol. The van der Waals surface area contributed by atoms with Gasteiger partial charge < -0.3 is 21.3 Å². The van der Waals surface area contributed by atoms with Crippen molar-refractivity contribution in [1.29, 1.82) is 0 Å². The highest BCUT2D eigenvalue weighted by Gasteiger charge is 2.32. The highest BCUT2D eigenvalue weighted by Crippen LogP contribution is 2.35. The van der Waals surface area contributed by atoms with E-state index in [0.29, 0.717) is 6.54 Å². The molecule has 1 aromatic carbocycles. The fraction of sp³-hybridized carbons (Fsp3) is 0.476. The number of alkyl halides is 3. The van der Waals surface area contributed by atoms with Gasteiger partial charge in [0.25, 0.3) is 0 Å². The van der Waals surface area contributed by atoms with E-state index in [9.17, 15) is 18.0 Å². The SMILES string of the molecule is CNC(=O)[C@@H]1CCCN(c2nc(Nc3cc(N)cc(C(F)(F)F)c3)nc3c2CCC3)C1.Cl. The number of nitrogens with zero attached hydrogens (tertiary/aromatic N) is 3. The van der Waals surface area contributed by atoms with Gasteiger partial charge in [-0.2, -0.15) is 18.2 Å². The van der Waals surface area contributed by atoms with Gasteiger partial charge in [0, 0.05) is 37.1 Å². The minimum Gasteiger partial charge on any atom is -0.399 e. The number of carbonyl (C=O) groups is 1. The number of anilines is 4. The number of piperidine rings is 1. The van der Waals surface area contributed by atoms with Crippen LogP contribution in [0.5, 0.6) is 0 Å².